The van der Waals surface area contributed by atoms with Crippen molar-refractivity contribution in [2.45, 2.75) is 45.1 Å². The minimum atomic E-state index is -4.69. The number of carbonyl (C=O) groups is 1. The molecule has 0 atom stereocenters. The van der Waals surface area contributed by atoms with Gasteiger partial charge in [-0.25, -0.2) is 4.57 Å². The number of amides is 1. The van der Waals surface area contributed by atoms with Crippen molar-refractivity contribution in [2.75, 3.05) is 17.7 Å². The SMILES string of the molecule is COc1ccc(CNc2ccc(C(=O)Nc3cccc(OP(=O)(O)O)c3)cc2CC2CCCCC2)cc1. The predicted molar refractivity (Wildman–Crippen MR) is 144 cm³/mol. The molecule has 1 amide bonds. The number of hydrogen-bond acceptors (Lipinski definition) is 5. The Morgan fingerprint density at radius 1 is 0.973 bits per heavy atom. The Bertz CT molecular complexity index is 1250. The van der Waals surface area contributed by atoms with Crippen LogP contribution in [0.25, 0.3) is 0 Å². The van der Waals surface area contributed by atoms with Crippen molar-refractivity contribution in [3.05, 3.63) is 83.4 Å². The number of rotatable bonds is 10. The van der Waals surface area contributed by atoms with Gasteiger partial charge in [-0.05, 0) is 65.9 Å². The number of benzene rings is 3. The second-order valence-corrected chi connectivity index (χ2v) is 10.5. The van der Waals surface area contributed by atoms with E-state index in [0.29, 0.717) is 23.7 Å². The standard InChI is InChI=1S/C28H33N2O6P/c1-35-25-13-10-21(11-14-25)19-29-27-15-12-22(17-23(27)16-20-6-3-2-4-7-20)28(31)30-24-8-5-9-26(18-24)36-37(32,33)34/h5,8-15,17-18,20,29H,2-4,6-7,16,19H2,1H3,(H,30,31)(H2,32,33,34). The number of phosphoric ester groups is 1. The highest BCUT2D eigenvalue weighted by atomic mass is 31.2. The van der Waals surface area contributed by atoms with Gasteiger partial charge in [-0.15, -0.1) is 0 Å². The Labute approximate surface area is 217 Å². The zero-order chi connectivity index (χ0) is 26.3. The lowest BCUT2D eigenvalue weighted by Gasteiger charge is -2.23. The van der Waals surface area contributed by atoms with E-state index in [0.717, 1.165) is 29.0 Å². The average molecular weight is 525 g/mol. The summed E-state index contributed by atoms with van der Waals surface area (Å²) in [5.74, 6) is 1.08. The Balaban J connectivity index is 1.51. The molecule has 8 nitrogen and oxygen atoms in total. The maximum Gasteiger partial charge on any atom is 0.524 e. The van der Waals surface area contributed by atoms with Crippen molar-refractivity contribution in [2.24, 2.45) is 5.92 Å². The van der Waals surface area contributed by atoms with Crippen LogP contribution >= 0.6 is 7.82 Å². The van der Waals surface area contributed by atoms with Crippen LogP contribution in [0.4, 0.5) is 11.4 Å². The van der Waals surface area contributed by atoms with Crippen LogP contribution in [0.15, 0.2) is 66.7 Å². The van der Waals surface area contributed by atoms with Crippen molar-refractivity contribution in [1.82, 2.24) is 0 Å². The third-order valence-electron chi connectivity index (χ3n) is 6.56. The summed E-state index contributed by atoms with van der Waals surface area (Å²) in [7, 11) is -3.04. The summed E-state index contributed by atoms with van der Waals surface area (Å²) < 4.78 is 21.0. The van der Waals surface area contributed by atoms with Gasteiger partial charge in [0.2, 0.25) is 0 Å². The quantitative estimate of drug-likeness (QED) is 0.235. The lowest BCUT2D eigenvalue weighted by molar-refractivity contribution is 0.102. The molecule has 3 aromatic carbocycles. The molecule has 0 aromatic heterocycles. The molecule has 4 N–H and O–H groups in total. The van der Waals surface area contributed by atoms with Crippen molar-refractivity contribution in [3.63, 3.8) is 0 Å². The number of hydrogen-bond donors (Lipinski definition) is 4. The number of methoxy groups -OCH3 is 1. The van der Waals surface area contributed by atoms with Crippen molar-refractivity contribution < 1.29 is 28.4 Å². The van der Waals surface area contributed by atoms with Gasteiger partial charge in [-0.2, -0.15) is 0 Å². The monoisotopic (exact) mass is 524 g/mol. The van der Waals surface area contributed by atoms with Crippen LogP contribution < -0.4 is 19.9 Å². The maximum absolute atomic E-state index is 13.1. The number of ether oxygens (including phenoxy) is 1. The lowest BCUT2D eigenvalue weighted by atomic mass is 9.84. The van der Waals surface area contributed by atoms with E-state index < -0.39 is 7.82 Å². The second-order valence-electron chi connectivity index (χ2n) is 9.35. The minimum Gasteiger partial charge on any atom is -0.497 e. The Morgan fingerprint density at radius 3 is 2.43 bits per heavy atom. The number of carbonyl (C=O) groups excluding carboxylic acids is 1. The molecule has 0 aliphatic heterocycles. The highest BCUT2D eigenvalue weighted by Crippen LogP contribution is 2.38. The van der Waals surface area contributed by atoms with Gasteiger partial charge in [-0.1, -0.05) is 50.3 Å². The molecule has 3 aromatic rings. The van der Waals surface area contributed by atoms with Crippen LogP contribution in [-0.2, 0) is 17.5 Å². The summed E-state index contributed by atoms with van der Waals surface area (Å²) in [6.07, 6.45) is 7.06. The van der Waals surface area contributed by atoms with E-state index in [4.69, 9.17) is 14.5 Å². The molecule has 4 rings (SSSR count). The van der Waals surface area contributed by atoms with Gasteiger partial charge >= 0.3 is 7.82 Å². The van der Waals surface area contributed by atoms with Gasteiger partial charge in [0.05, 0.1) is 7.11 Å². The summed E-state index contributed by atoms with van der Waals surface area (Å²) >= 11 is 0. The molecule has 196 valence electrons. The van der Waals surface area contributed by atoms with Gasteiger partial charge in [0.15, 0.2) is 0 Å². The molecule has 9 heteroatoms. The minimum absolute atomic E-state index is 0.0257. The van der Waals surface area contributed by atoms with Crippen molar-refractivity contribution in [1.29, 1.82) is 0 Å². The fourth-order valence-corrected chi connectivity index (χ4v) is 5.08. The molecule has 0 bridgehead atoms. The van der Waals surface area contributed by atoms with Crippen molar-refractivity contribution >= 4 is 25.1 Å². The first-order chi connectivity index (χ1) is 17.8. The van der Waals surface area contributed by atoms with Gasteiger partial charge in [0, 0.05) is 29.5 Å². The molecule has 0 radical (unpaired) electrons. The zero-order valence-corrected chi connectivity index (χ0v) is 21.7. The third-order valence-corrected chi connectivity index (χ3v) is 7.01. The Kier molecular flexibility index (Phi) is 8.87. The second kappa shape index (κ2) is 12.3. The summed E-state index contributed by atoms with van der Waals surface area (Å²) in [6.45, 7) is 0.652. The van der Waals surface area contributed by atoms with Crippen LogP contribution in [0.3, 0.4) is 0 Å². The molecular formula is C28H33N2O6P. The van der Waals surface area contributed by atoms with Crippen LogP contribution in [0.1, 0.15) is 53.6 Å². The van der Waals surface area contributed by atoms with Crippen LogP contribution in [0.2, 0.25) is 0 Å². The van der Waals surface area contributed by atoms with Gasteiger partial charge in [0.1, 0.15) is 11.5 Å². The van der Waals surface area contributed by atoms with E-state index in [1.54, 1.807) is 25.3 Å². The fraction of sp³-hybridized carbons (Fsp3) is 0.321. The molecule has 37 heavy (non-hydrogen) atoms. The average Bonchev–Trinajstić information content (AvgIpc) is 2.88. The summed E-state index contributed by atoms with van der Waals surface area (Å²) in [6, 6.07) is 19.6. The summed E-state index contributed by atoms with van der Waals surface area (Å²) in [5.41, 5.74) is 4.14. The molecule has 0 spiro atoms. The Morgan fingerprint density at radius 2 is 1.73 bits per heavy atom. The molecule has 0 heterocycles. The normalized spacial score (nSPS) is 14.1. The summed E-state index contributed by atoms with van der Waals surface area (Å²) in [4.78, 5) is 31.2. The van der Waals surface area contributed by atoms with E-state index in [-0.39, 0.29) is 11.7 Å². The Hall–Kier alpha value is -3.32. The highest BCUT2D eigenvalue weighted by Gasteiger charge is 2.19. The zero-order valence-electron chi connectivity index (χ0n) is 20.9. The smallest absolute Gasteiger partial charge is 0.497 e. The molecular weight excluding hydrogens is 491 g/mol. The highest BCUT2D eigenvalue weighted by molar-refractivity contribution is 7.46. The topological polar surface area (TPSA) is 117 Å². The molecule has 1 aliphatic carbocycles. The molecule has 0 saturated heterocycles. The maximum atomic E-state index is 13.1. The van der Waals surface area contributed by atoms with Crippen LogP contribution in [-0.4, -0.2) is 22.8 Å². The van der Waals surface area contributed by atoms with E-state index in [1.807, 2.05) is 36.4 Å². The first-order valence-corrected chi connectivity index (χ1v) is 14.0. The van der Waals surface area contributed by atoms with Gasteiger partial charge in [0.25, 0.3) is 5.91 Å². The van der Waals surface area contributed by atoms with Gasteiger partial charge in [-0.3, -0.25) is 14.6 Å². The van der Waals surface area contributed by atoms with Crippen molar-refractivity contribution in [3.8, 4) is 11.5 Å². The van der Waals surface area contributed by atoms with Crippen LogP contribution in [0.5, 0.6) is 11.5 Å². The first kappa shape index (κ1) is 26.7. The van der Waals surface area contributed by atoms with Crippen LogP contribution in [0, 0.1) is 5.92 Å². The molecule has 1 saturated carbocycles. The van der Waals surface area contributed by atoms with E-state index in [1.165, 1.54) is 44.2 Å². The fourth-order valence-electron chi connectivity index (χ4n) is 4.69. The molecule has 0 unspecified atom stereocenters. The van der Waals surface area contributed by atoms with Gasteiger partial charge < -0.3 is 19.9 Å². The number of nitrogens with one attached hydrogen (secondary N) is 2. The lowest BCUT2D eigenvalue weighted by Crippen LogP contribution is -2.15. The number of anilines is 2. The summed E-state index contributed by atoms with van der Waals surface area (Å²) in [5, 5.41) is 6.34. The van der Waals surface area contributed by atoms with E-state index >= 15 is 0 Å². The first-order valence-electron chi connectivity index (χ1n) is 12.5. The predicted octanol–water partition coefficient (Wildman–Crippen LogP) is 6.15. The molecule has 1 fully saturated rings. The third kappa shape index (κ3) is 8.09. The molecule has 1 aliphatic rings. The van der Waals surface area contributed by atoms with E-state index in [9.17, 15) is 9.36 Å². The number of phosphoric acid groups is 1. The van der Waals surface area contributed by atoms with E-state index in [2.05, 4.69) is 15.2 Å². The largest absolute Gasteiger partial charge is 0.524 e.